The van der Waals surface area contributed by atoms with Gasteiger partial charge in [-0.3, -0.25) is 0 Å². The zero-order chi connectivity index (χ0) is 24.0. The van der Waals surface area contributed by atoms with Gasteiger partial charge in [0.15, 0.2) is 11.5 Å². The Morgan fingerprint density at radius 3 is 1.76 bits per heavy atom. The number of fused-ring (bicyclic) bond motifs is 1. The van der Waals surface area contributed by atoms with E-state index < -0.39 is 0 Å². The SMILES string of the molecule is CCCCOCCOCCOCc1cc2c(cc1CCC)OCO2.CCC[CH2][Sn][CH2]CCC.Cl. The van der Waals surface area contributed by atoms with Gasteiger partial charge >= 0.3 is 69.5 Å². The van der Waals surface area contributed by atoms with Gasteiger partial charge in [0.1, 0.15) is 0 Å². The Labute approximate surface area is 225 Å². The van der Waals surface area contributed by atoms with E-state index in [9.17, 15) is 0 Å². The van der Waals surface area contributed by atoms with Crippen LogP contribution in [0.5, 0.6) is 11.5 Å². The van der Waals surface area contributed by atoms with Crippen LogP contribution in [0.3, 0.4) is 0 Å². The van der Waals surface area contributed by atoms with Crippen LogP contribution in [0.25, 0.3) is 0 Å². The van der Waals surface area contributed by atoms with Crippen molar-refractivity contribution in [1.82, 2.24) is 0 Å². The van der Waals surface area contributed by atoms with E-state index in [4.69, 9.17) is 23.7 Å². The third kappa shape index (κ3) is 16.5. The maximum atomic E-state index is 5.75. The molecule has 0 spiro atoms. The Morgan fingerprint density at radius 1 is 0.676 bits per heavy atom. The summed E-state index contributed by atoms with van der Waals surface area (Å²) in [6.07, 6.45) is 10.2. The first kappa shape index (κ1) is 33.8. The second-order valence-electron chi connectivity index (χ2n) is 8.31. The molecule has 2 radical (unpaired) electrons. The fourth-order valence-corrected chi connectivity index (χ4v) is 7.42. The predicted octanol–water partition coefficient (Wildman–Crippen LogP) is 7.27. The minimum absolute atomic E-state index is 0. The second kappa shape index (κ2) is 24.5. The molecule has 0 N–H and O–H groups in total. The molecule has 0 saturated carbocycles. The Hall–Kier alpha value is -0.211. The van der Waals surface area contributed by atoms with Crippen molar-refractivity contribution < 1.29 is 23.7 Å². The summed E-state index contributed by atoms with van der Waals surface area (Å²) in [5, 5.41) is 0. The molecule has 7 heteroatoms. The normalized spacial score (nSPS) is 11.6. The second-order valence-corrected chi connectivity index (χ2v) is 12.6. The van der Waals surface area contributed by atoms with Crippen LogP contribution < -0.4 is 9.47 Å². The van der Waals surface area contributed by atoms with Crippen LogP contribution >= 0.6 is 12.4 Å². The Balaban J connectivity index is 0.000000931. The largest absolute Gasteiger partial charge is 0.147 e. The number of hydrogen-bond acceptors (Lipinski definition) is 5. The minimum atomic E-state index is 0. The van der Waals surface area contributed by atoms with Gasteiger partial charge in [-0.15, -0.1) is 12.4 Å². The van der Waals surface area contributed by atoms with Crippen LogP contribution in [0.2, 0.25) is 8.87 Å². The van der Waals surface area contributed by atoms with Crippen molar-refractivity contribution in [2.45, 2.75) is 94.5 Å². The zero-order valence-corrected chi connectivity index (χ0v) is 25.8. The maximum Gasteiger partial charge on any atom is -0.147 e. The molecule has 5 nitrogen and oxygen atoms in total. The molecule has 1 aliphatic rings. The Morgan fingerprint density at radius 2 is 1.21 bits per heavy atom. The molecule has 0 aromatic heterocycles. The van der Waals surface area contributed by atoms with E-state index in [1.54, 1.807) is 8.87 Å². The van der Waals surface area contributed by atoms with Gasteiger partial charge in [0.05, 0.1) is 33.0 Å². The fourth-order valence-electron chi connectivity index (χ4n) is 3.26. The summed E-state index contributed by atoms with van der Waals surface area (Å²) in [6.45, 7) is 13.1. The number of unbranched alkanes of at least 4 members (excludes halogenated alkanes) is 3. The third-order valence-corrected chi connectivity index (χ3v) is 9.31. The van der Waals surface area contributed by atoms with Crippen LogP contribution in [0.1, 0.15) is 83.8 Å². The summed E-state index contributed by atoms with van der Waals surface area (Å²) in [6, 6.07) is 4.12. The van der Waals surface area contributed by atoms with Gasteiger partial charge in [0.2, 0.25) is 6.79 Å². The summed E-state index contributed by atoms with van der Waals surface area (Å²) in [7, 11) is 0. The summed E-state index contributed by atoms with van der Waals surface area (Å²) in [5.41, 5.74) is 2.44. The molecule has 198 valence electrons. The average Bonchev–Trinajstić information content (AvgIpc) is 3.28. The van der Waals surface area contributed by atoms with Crippen molar-refractivity contribution in [3.8, 4) is 11.5 Å². The van der Waals surface area contributed by atoms with Gasteiger partial charge in [-0.1, -0.05) is 26.7 Å². The number of rotatable bonds is 19. The molecule has 1 aliphatic heterocycles. The monoisotopic (exact) mass is 608 g/mol. The van der Waals surface area contributed by atoms with E-state index in [2.05, 4.69) is 33.8 Å². The smallest absolute Gasteiger partial charge is 0.147 e. The summed E-state index contributed by atoms with van der Waals surface area (Å²) >= 11 is 0.149. The zero-order valence-electron chi connectivity index (χ0n) is 22.1. The molecule has 0 amide bonds. The standard InChI is InChI=1S/C19H30O5.2C4H9.ClH.Sn/c1-3-5-7-20-8-9-21-10-11-22-14-17-13-19-18(23-15-24-19)12-16(17)6-4-2;2*1-3-4-2;;/h12-13H,3-11,14-15H2,1-2H3;2*1,3-4H2,2H3;1H;. The van der Waals surface area contributed by atoms with E-state index in [1.807, 2.05) is 6.07 Å². The molecule has 0 aliphatic carbocycles. The summed E-state index contributed by atoms with van der Waals surface area (Å²) in [4.78, 5) is 0. The van der Waals surface area contributed by atoms with Crippen LogP contribution in [0.15, 0.2) is 12.1 Å². The number of benzene rings is 1. The van der Waals surface area contributed by atoms with Gasteiger partial charge in [-0.25, -0.2) is 0 Å². The van der Waals surface area contributed by atoms with Gasteiger partial charge in [0.25, 0.3) is 0 Å². The van der Waals surface area contributed by atoms with E-state index in [-0.39, 0.29) is 33.5 Å². The molecule has 0 atom stereocenters. The molecule has 2 rings (SSSR count). The number of hydrogen-bond donors (Lipinski definition) is 0. The Kier molecular flexibility index (Phi) is 24.3. The van der Waals surface area contributed by atoms with E-state index >= 15 is 0 Å². The van der Waals surface area contributed by atoms with Crippen molar-refractivity contribution in [1.29, 1.82) is 0 Å². The molecular formula is C27H49ClO5Sn. The summed E-state index contributed by atoms with van der Waals surface area (Å²) in [5.74, 6) is 1.66. The van der Waals surface area contributed by atoms with E-state index in [0.29, 0.717) is 39.8 Å². The number of aryl methyl sites for hydroxylation is 1. The van der Waals surface area contributed by atoms with Crippen molar-refractivity contribution in [3.63, 3.8) is 0 Å². The fraction of sp³-hybridized carbons (Fsp3) is 0.778. The first-order valence-corrected chi connectivity index (χ1v) is 17.2. The summed E-state index contributed by atoms with van der Waals surface area (Å²) < 4.78 is 30.9. The topological polar surface area (TPSA) is 46.2 Å². The van der Waals surface area contributed by atoms with Crippen molar-refractivity contribution in [3.05, 3.63) is 23.3 Å². The molecular weight excluding hydrogens is 558 g/mol. The van der Waals surface area contributed by atoms with Gasteiger partial charge in [0, 0.05) is 6.61 Å². The molecule has 34 heavy (non-hydrogen) atoms. The number of halogens is 1. The minimum Gasteiger partial charge on any atom is -0.147 e. The average molecular weight is 608 g/mol. The van der Waals surface area contributed by atoms with Crippen LogP contribution in [0, 0.1) is 0 Å². The van der Waals surface area contributed by atoms with E-state index in [1.165, 1.54) is 36.8 Å². The van der Waals surface area contributed by atoms with E-state index in [0.717, 1.165) is 43.8 Å². The Bertz CT molecular complexity index is 582. The van der Waals surface area contributed by atoms with Crippen molar-refractivity contribution in [2.24, 2.45) is 0 Å². The number of ether oxygens (including phenoxy) is 5. The molecule has 0 bridgehead atoms. The van der Waals surface area contributed by atoms with Crippen molar-refractivity contribution >= 4 is 33.5 Å². The van der Waals surface area contributed by atoms with Crippen LogP contribution in [-0.2, 0) is 27.2 Å². The molecule has 1 heterocycles. The molecule has 0 saturated heterocycles. The molecule has 1 aromatic carbocycles. The molecule has 0 fully saturated rings. The predicted molar refractivity (Wildman–Crippen MR) is 145 cm³/mol. The first-order chi connectivity index (χ1) is 16.3. The van der Waals surface area contributed by atoms with Crippen molar-refractivity contribution in [2.75, 3.05) is 39.8 Å². The van der Waals surface area contributed by atoms with Gasteiger partial charge < -0.3 is 23.7 Å². The molecule has 0 unspecified atom stereocenters. The first-order valence-electron chi connectivity index (χ1n) is 13.1. The van der Waals surface area contributed by atoms with Gasteiger partial charge in [-0.05, 0) is 36.1 Å². The maximum absolute atomic E-state index is 5.75. The van der Waals surface area contributed by atoms with Gasteiger partial charge in [-0.2, -0.15) is 0 Å². The van der Waals surface area contributed by atoms with Crippen LogP contribution in [0.4, 0.5) is 0 Å². The third-order valence-electron chi connectivity index (χ3n) is 5.27. The van der Waals surface area contributed by atoms with Crippen LogP contribution in [-0.4, -0.2) is 61.0 Å². The molecule has 1 aromatic rings. The quantitative estimate of drug-likeness (QED) is 0.122.